The summed E-state index contributed by atoms with van der Waals surface area (Å²) in [5, 5.41) is 0. The zero-order valence-electron chi connectivity index (χ0n) is 92.1. The highest BCUT2D eigenvalue weighted by molar-refractivity contribution is 7.14. The Kier molecular flexibility index (Phi) is 37.1. The van der Waals surface area contributed by atoms with Crippen LogP contribution in [0, 0.1) is 32.5 Å². The van der Waals surface area contributed by atoms with Crippen LogP contribution in [0.15, 0.2) is 0 Å². The van der Waals surface area contributed by atoms with Crippen molar-refractivity contribution >= 4 is 104 Å². The zero-order valence-corrected chi connectivity index (χ0v) is 97.0. The third-order valence-corrected chi connectivity index (χ3v) is 34.4. The number of likely N-dealkylation sites (tertiary alicyclic amines) is 2. The smallest absolute Gasteiger partial charge is 0.339 e. The van der Waals surface area contributed by atoms with E-state index in [9.17, 15) is 28.8 Å². The molecule has 18 nitrogen and oxygen atoms in total. The zero-order chi connectivity index (χ0) is 102. The van der Waals surface area contributed by atoms with E-state index in [0.717, 1.165) is 241 Å². The van der Waals surface area contributed by atoms with Gasteiger partial charge < -0.3 is 30.7 Å². The molecule has 6 aromatic heterocycles. The van der Waals surface area contributed by atoms with Crippen molar-refractivity contribution in [3.8, 4) is 0 Å². The van der Waals surface area contributed by atoms with Gasteiger partial charge in [-0.15, -0.1) is 68.0 Å². The predicted octanol–water partition coefficient (Wildman–Crippen LogP) is 25.2. The quantitative estimate of drug-likeness (QED) is 0.110. The lowest BCUT2D eigenvalue weighted by Crippen LogP contribution is -2.44. The summed E-state index contributed by atoms with van der Waals surface area (Å²) in [6, 6.07) is 0. The summed E-state index contributed by atoms with van der Waals surface area (Å²) in [6.07, 6.45) is 16.1. The molecule has 136 heavy (non-hydrogen) atoms. The van der Waals surface area contributed by atoms with Gasteiger partial charge in [-0.05, 0) is 293 Å². The first-order chi connectivity index (χ1) is 62.1. The van der Waals surface area contributed by atoms with E-state index in [1.807, 2.05) is 45.3 Å². The Balaban J connectivity index is 0.000000183. The summed E-state index contributed by atoms with van der Waals surface area (Å²) in [7, 11) is 2.97. The molecule has 4 amide bonds. The minimum atomic E-state index is -0.254. The molecule has 8 aliphatic rings. The molecule has 0 spiro atoms. The monoisotopic (exact) mass is 1990 g/mol. The number of hydrogen-bond acceptors (Lipinski definition) is 20. The second-order valence-corrected chi connectivity index (χ2v) is 60.1. The van der Waals surface area contributed by atoms with E-state index in [1.165, 1.54) is 106 Å². The molecule has 0 aromatic carbocycles. The molecular formula is C112H182N10O8S6. The van der Waals surface area contributed by atoms with Gasteiger partial charge in [0.25, 0.3) is 11.8 Å². The molecular weight excluding hydrogens is 1810 g/mol. The Morgan fingerprint density at radius 3 is 0.551 bits per heavy atom. The maximum atomic E-state index is 13.3. The number of carbonyl (C=O) groups is 6. The minimum Gasteiger partial charge on any atom is -0.465 e. The second kappa shape index (κ2) is 44.2. The van der Waals surface area contributed by atoms with Gasteiger partial charge >= 0.3 is 11.9 Å². The first-order valence-electron chi connectivity index (χ1n) is 50.8. The summed E-state index contributed by atoms with van der Waals surface area (Å²) in [5.74, 6) is -0.231. The number of amides is 4. The Labute approximate surface area is 848 Å². The number of nitrogens with two attached hydrogens (primary N) is 2. The maximum Gasteiger partial charge on any atom is 0.339 e. The number of methoxy groups -OCH3 is 2. The molecule has 24 heteroatoms. The summed E-state index contributed by atoms with van der Waals surface area (Å²) in [5.41, 5.74) is 26.6. The molecule has 8 aliphatic heterocycles. The molecule has 764 valence electrons. The normalized spacial score (nSPS) is 17.7. The number of primary amides is 2. The van der Waals surface area contributed by atoms with Crippen molar-refractivity contribution in [2.24, 2.45) is 44.0 Å². The third kappa shape index (κ3) is 30.9. The fourth-order valence-corrected chi connectivity index (χ4v) is 29.7. The van der Waals surface area contributed by atoms with Crippen LogP contribution in [0.25, 0.3) is 0 Å². The van der Waals surface area contributed by atoms with Crippen LogP contribution in [-0.4, -0.2) is 188 Å². The van der Waals surface area contributed by atoms with Gasteiger partial charge in [-0.3, -0.25) is 48.6 Å². The molecule has 0 bridgehead atoms. The van der Waals surface area contributed by atoms with Gasteiger partial charge in [-0.2, -0.15) is 0 Å². The molecule has 6 aromatic rings. The van der Waals surface area contributed by atoms with Gasteiger partial charge in [0.1, 0.15) is 0 Å². The maximum absolute atomic E-state index is 13.3. The van der Waals surface area contributed by atoms with Crippen molar-refractivity contribution in [3.63, 3.8) is 0 Å². The van der Waals surface area contributed by atoms with Crippen molar-refractivity contribution in [1.82, 2.24) is 39.2 Å². The molecule has 14 heterocycles. The number of rotatable bonds is 12. The Bertz CT molecular complexity index is 4820. The summed E-state index contributed by atoms with van der Waals surface area (Å²) in [4.78, 5) is 110. The van der Waals surface area contributed by atoms with Crippen LogP contribution in [-0.2, 0) is 126 Å². The van der Waals surface area contributed by atoms with Gasteiger partial charge in [0.15, 0.2) is 0 Å². The number of thiophene rings is 6. The van der Waals surface area contributed by atoms with E-state index in [2.05, 4.69) is 288 Å². The van der Waals surface area contributed by atoms with Crippen LogP contribution in [0.3, 0.4) is 0 Å². The number of carbonyl (C=O) groups excluding carboxylic acids is 6. The van der Waals surface area contributed by atoms with Crippen molar-refractivity contribution < 1.29 is 38.2 Å². The Morgan fingerprint density at radius 1 is 0.243 bits per heavy atom. The van der Waals surface area contributed by atoms with E-state index < -0.39 is 0 Å². The highest BCUT2D eigenvalue weighted by atomic mass is 32.1. The van der Waals surface area contributed by atoms with Crippen LogP contribution >= 0.6 is 68.0 Å². The van der Waals surface area contributed by atoms with E-state index in [1.54, 1.807) is 22.7 Å². The van der Waals surface area contributed by atoms with Gasteiger partial charge in [-0.1, -0.05) is 125 Å². The van der Waals surface area contributed by atoms with Crippen molar-refractivity contribution in [2.75, 3.05) is 79.7 Å². The number of fused-ring (bicyclic) bond motifs is 6. The van der Waals surface area contributed by atoms with E-state index in [-0.39, 0.29) is 89.5 Å². The van der Waals surface area contributed by atoms with Crippen molar-refractivity contribution in [3.05, 3.63) is 125 Å². The summed E-state index contributed by atoms with van der Waals surface area (Å²) in [6.45, 7) is 96.6. The largest absolute Gasteiger partial charge is 0.465 e. The fourth-order valence-electron chi connectivity index (χ4n) is 19.7. The topological polar surface area (TPSA) is 199 Å². The van der Waals surface area contributed by atoms with E-state index in [0.29, 0.717) is 11.8 Å². The molecule has 2 fully saturated rings. The van der Waals surface area contributed by atoms with E-state index in [4.69, 9.17) is 20.9 Å². The van der Waals surface area contributed by atoms with Gasteiger partial charge in [0, 0.05) is 196 Å². The average molecular weight is 1990 g/mol. The standard InChI is InChI=1S/2C21H34N2OS.2C18H29NO2S.2C17H28N2OS/c2*1-20(2,3)13-16-18(19(24)22-10-7-8-11-22)15-9-12-23(21(4,5)6)14-17(15)25-16;2*1-17(2,3)10-13-15(16(20)21-7)12-8-9-19(18(4,5)6)11-14(12)22-13;2*1-16(2,3)9-12-14(15(18)20)11-7-8-19(17(4,5)6)10-13(11)21-12/h2*7-14H2,1-6H3;2*8-11H2,1-7H3;2*7-10H2,1-6H3,(H2,18,20). The molecule has 0 atom stereocenters. The lowest BCUT2D eigenvalue weighted by molar-refractivity contribution is 0.0587. The summed E-state index contributed by atoms with van der Waals surface area (Å²) >= 11 is 11.0. The fraction of sp³-hybridized carbons (Fsp3) is 0.732. The van der Waals surface area contributed by atoms with Gasteiger partial charge in [0.2, 0.25) is 11.8 Å². The number of nitrogens with zero attached hydrogens (tertiary/aromatic N) is 8. The molecule has 14 rings (SSSR count). The lowest BCUT2D eigenvalue weighted by atomic mass is 9.88. The Morgan fingerprint density at radius 2 is 0.397 bits per heavy atom. The highest BCUT2D eigenvalue weighted by Gasteiger charge is 2.42. The first-order valence-corrected chi connectivity index (χ1v) is 55.7. The van der Waals surface area contributed by atoms with Crippen LogP contribution in [0.2, 0.25) is 0 Å². The van der Waals surface area contributed by atoms with Gasteiger partial charge in [0.05, 0.1) is 47.6 Å². The lowest BCUT2D eigenvalue weighted by Gasteiger charge is -2.38. The minimum absolute atomic E-state index is 0.164. The molecule has 0 radical (unpaired) electrons. The van der Waals surface area contributed by atoms with Crippen LogP contribution in [0.5, 0.6) is 0 Å². The molecule has 4 N–H and O–H groups in total. The number of esters is 2. The second-order valence-electron chi connectivity index (χ2n) is 53.0. The van der Waals surface area contributed by atoms with Crippen molar-refractivity contribution in [2.45, 2.75) is 424 Å². The highest BCUT2D eigenvalue weighted by Crippen LogP contribution is 2.47. The molecule has 2 saturated heterocycles. The summed E-state index contributed by atoms with van der Waals surface area (Å²) < 4.78 is 10.1. The molecule has 0 aliphatic carbocycles. The van der Waals surface area contributed by atoms with Crippen LogP contribution in [0.1, 0.15) is 429 Å². The first kappa shape index (κ1) is 114. The third-order valence-electron chi connectivity index (χ3n) is 27.1. The average Bonchev–Trinajstić information content (AvgIpc) is 1.58. The predicted molar refractivity (Wildman–Crippen MR) is 578 cm³/mol. The van der Waals surface area contributed by atoms with Crippen molar-refractivity contribution in [1.29, 1.82) is 0 Å². The van der Waals surface area contributed by atoms with Crippen LogP contribution < -0.4 is 11.5 Å². The van der Waals surface area contributed by atoms with Gasteiger partial charge in [-0.25, -0.2) is 9.59 Å². The van der Waals surface area contributed by atoms with E-state index >= 15 is 0 Å². The van der Waals surface area contributed by atoms with Crippen LogP contribution in [0.4, 0.5) is 0 Å². The Hall–Kier alpha value is -5.22. The SMILES string of the molecule is CC(C)(C)Cc1sc2c(c1C(=O)N1CCCC1)CCN(C(C)(C)C)C2.CC(C)(C)Cc1sc2c(c1C(=O)N1CCCC1)CCN(C(C)(C)C)C2.CC(C)(C)Cc1sc2c(c1C(N)=O)CCN(C(C)(C)C)C2.CC(C)(C)Cc1sc2c(c1C(N)=O)CCN(C(C)(C)C)C2.COC(=O)c1c(CC(C)(C)C)sc2c1CCN(C(C)(C)C)C2.COC(=O)c1c(CC(C)(C)C)sc2c1CCN(C(C)(C)C)C2. The molecule has 0 saturated carbocycles. The number of hydrogen-bond donors (Lipinski definition) is 2. The molecule has 0 unspecified atom stereocenters. The number of ether oxygens (including phenoxy) is 2.